The van der Waals surface area contributed by atoms with Gasteiger partial charge in [0, 0.05) is 13.1 Å². The van der Waals surface area contributed by atoms with Crippen LogP contribution < -0.4 is 5.73 Å². The van der Waals surface area contributed by atoms with Crippen molar-refractivity contribution in [2.24, 2.45) is 17.1 Å². The fraction of sp³-hybridized carbons (Fsp3) is 0.900. The lowest BCUT2D eigenvalue weighted by molar-refractivity contribution is -0.121. The predicted molar refractivity (Wildman–Crippen MR) is 53.2 cm³/mol. The van der Waals surface area contributed by atoms with Crippen molar-refractivity contribution in [2.45, 2.75) is 27.2 Å². The first-order valence-electron chi connectivity index (χ1n) is 4.90. The molecular formula is C10H20N2O. The maximum Gasteiger partial charge on any atom is 0.221 e. The highest BCUT2D eigenvalue weighted by Gasteiger charge is 2.28. The highest BCUT2D eigenvalue weighted by Crippen LogP contribution is 2.21. The molecule has 0 spiro atoms. The number of nitrogens with zero attached hydrogens (tertiary/aromatic N) is 1. The van der Waals surface area contributed by atoms with Gasteiger partial charge in [-0.3, -0.25) is 4.79 Å². The SMILES string of the molecule is CC(C)(C)CN1CCC(C(N)=O)C1. The second-order valence-electron chi connectivity index (χ2n) is 5.18. The van der Waals surface area contributed by atoms with Gasteiger partial charge in [-0.05, 0) is 18.4 Å². The molecule has 2 N–H and O–H groups in total. The van der Waals surface area contributed by atoms with Gasteiger partial charge in [-0.1, -0.05) is 20.8 Å². The summed E-state index contributed by atoms with van der Waals surface area (Å²) in [7, 11) is 0. The van der Waals surface area contributed by atoms with Crippen molar-refractivity contribution >= 4 is 5.91 Å². The van der Waals surface area contributed by atoms with Crippen molar-refractivity contribution in [1.82, 2.24) is 4.90 Å². The van der Waals surface area contributed by atoms with Gasteiger partial charge in [0.2, 0.25) is 5.91 Å². The number of primary amides is 1. The molecule has 0 aromatic heterocycles. The topological polar surface area (TPSA) is 46.3 Å². The second-order valence-corrected chi connectivity index (χ2v) is 5.18. The van der Waals surface area contributed by atoms with Gasteiger partial charge in [0.15, 0.2) is 0 Å². The normalized spacial score (nSPS) is 25.0. The third-order valence-corrected chi connectivity index (χ3v) is 2.37. The molecule has 1 unspecified atom stereocenters. The molecule has 1 amide bonds. The fourth-order valence-corrected chi connectivity index (χ4v) is 1.88. The second kappa shape index (κ2) is 3.66. The smallest absolute Gasteiger partial charge is 0.221 e. The van der Waals surface area contributed by atoms with E-state index in [1.807, 2.05) is 0 Å². The molecule has 0 saturated carbocycles. The van der Waals surface area contributed by atoms with Crippen LogP contribution in [0.1, 0.15) is 27.2 Å². The maximum atomic E-state index is 10.9. The molecule has 3 heteroatoms. The minimum atomic E-state index is -0.142. The minimum absolute atomic E-state index is 0.0855. The number of amides is 1. The molecule has 1 rings (SSSR count). The number of nitrogens with two attached hydrogens (primary N) is 1. The molecule has 0 aromatic rings. The zero-order chi connectivity index (χ0) is 10.1. The van der Waals surface area contributed by atoms with Crippen LogP contribution in [0, 0.1) is 11.3 Å². The van der Waals surface area contributed by atoms with Crippen LogP contribution in [0.2, 0.25) is 0 Å². The summed E-state index contributed by atoms with van der Waals surface area (Å²) in [5.41, 5.74) is 5.57. The van der Waals surface area contributed by atoms with E-state index in [9.17, 15) is 4.79 Å². The van der Waals surface area contributed by atoms with Crippen molar-refractivity contribution in [3.8, 4) is 0 Å². The van der Waals surface area contributed by atoms with E-state index in [2.05, 4.69) is 25.7 Å². The Kier molecular flexibility index (Phi) is 2.96. The highest BCUT2D eigenvalue weighted by atomic mass is 16.1. The van der Waals surface area contributed by atoms with Crippen LogP contribution in [-0.4, -0.2) is 30.4 Å². The largest absolute Gasteiger partial charge is 0.369 e. The number of carbonyl (C=O) groups excluding carboxylic acids is 1. The first-order valence-corrected chi connectivity index (χ1v) is 4.90. The molecular weight excluding hydrogens is 164 g/mol. The lowest BCUT2D eigenvalue weighted by Crippen LogP contribution is -2.32. The van der Waals surface area contributed by atoms with Gasteiger partial charge < -0.3 is 10.6 Å². The number of likely N-dealkylation sites (tertiary alicyclic amines) is 1. The first-order chi connectivity index (χ1) is 5.88. The Morgan fingerprint density at radius 1 is 1.54 bits per heavy atom. The van der Waals surface area contributed by atoms with Crippen LogP contribution in [0.4, 0.5) is 0 Å². The van der Waals surface area contributed by atoms with Gasteiger partial charge in [0.25, 0.3) is 0 Å². The molecule has 13 heavy (non-hydrogen) atoms. The predicted octanol–water partition coefficient (Wildman–Crippen LogP) is 0.840. The van der Waals surface area contributed by atoms with E-state index < -0.39 is 0 Å². The number of hydrogen-bond donors (Lipinski definition) is 1. The van der Waals surface area contributed by atoms with E-state index >= 15 is 0 Å². The summed E-state index contributed by atoms with van der Waals surface area (Å²) in [6.45, 7) is 9.56. The molecule has 1 aliphatic rings. The van der Waals surface area contributed by atoms with Crippen LogP contribution in [-0.2, 0) is 4.79 Å². The molecule has 76 valence electrons. The van der Waals surface area contributed by atoms with Gasteiger partial charge >= 0.3 is 0 Å². The molecule has 1 atom stereocenters. The van der Waals surface area contributed by atoms with Crippen molar-refractivity contribution in [1.29, 1.82) is 0 Å². The molecule has 0 bridgehead atoms. The molecule has 1 aliphatic heterocycles. The summed E-state index contributed by atoms with van der Waals surface area (Å²) in [6, 6.07) is 0. The summed E-state index contributed by atoms with van der Waals surface area (Å²) in [5, 5.41) is 0. The Balaban J connectivity index is 2.38. The van der Waals surface area contributed by atoms with Crippen LogP contribution in [0.3, 0.4) is 0 Å². The molecule has 0 aromatic carbocycles. The quantitative estimate of drug-likeness (QED) is 0.691. The maximum absolute atomic E-state index is 10.9. The molecule has 1 heterocycles. The van der Waals surface area contributed by atoms with Crippen molar-refractivity contribution in [3.63, 3.8) is 0 Å². The van der Waals surface area contributed by atoms with Gasteiger partial charge in [-0.25, -0.2) is 0 Å². The summed E-state index contributed by atoms with van der Waals surface area (Å²) >= 11 is 0. The van der Waals surface area contributed by atoms with E-state index in [-0.39, 0.29) is 11.8 Å². The van der Waals surface area contributed by atoms with E-state index in [1.165, 1.54) is 0 Å². The molecule has 1 saturated heterocycles. The van der Waals surface area contributed by atoms with Gasteiger partial charge in [-0.2, -0.15) is 0 Å². The number of hydrogen-bond acceptors (Lipinski definition) is 2. The fourth-order valence-electron chi connectivity index (χ4n) is 1.88. The average molecular weight is 184 g/mol. The summed E-state index contributed by atoms with van der Waals surface area (Å²) < 4.78 is 0. The third kappa shape index (κ3) is 3.35. The Morgan fingerprint density at radius 2 is 2.15 bits per heavy atom. The summed E-state index contributed by atoms with van der Waals surface area (Å²) in [4.78, 5) is 13.2. The molecule has 0 aliphatic carbocycles. The van der Waals surface area contributed by atoms with Gasteiger partial charge in [0.1, 0.15) is 0 Å². The number of rotatable bonds is 2. The van der Waals surface area contributed by atoms with Crippen molar-refractivity contribution in [2.75, 3.05) is 19.6 Å². The zero-order valence-corrected chi connectivity index (χ0v) is 8.84. The molecule has 0 radical (unpaired) electrons. The van der Waals surface area contributed by atoms with E-state index in [1.54, 1.807) is 0 Å². The van der Waals surface area contributed by atoms with Gasteiger partial charge in [-0.15, -0.1) is 0 Å². The molecule has 3 nitrogen and oxygen atoms in total. The minimum Gasteiger partial charge on any atom is -0.369 e. The average Bonchev–Trinajstić information content (AvgIpc) is 2.31. The van der Waals surface area contributed by atoms with Crippen LogP contribution in [0.25, 0.3) is 0 Å². The lowest BCUT2D eigenvalue weighted by atomic mass is 9.96. The highest BCUT2D eigenvalue weighted by molar-refractivity contribution is 5.77. The Labute approximate surface area is 80.3 Å². The van der Waals surface area contributed by atoms with Crippen molar-refractivity contribution < 1.29 is 4.79 Å². The first kappa shape index (κ1) is 10.5. The zero-order valence-electron chi connectivity index (χ0n) is 8.84. The Bertz CT molecular complexity index is 196. The van der Waals surface area contributed by atoms with E-state index in [4.69, 9.17) is 5.73 Å². The Hall–Kier alpha value is -0.570. The monoisotopic (exact) mass is 184 g/mol. The van der Waals surface area contributed by atoms with E-state index in [0.29, 0.717) is 5.41 Å². The number of carbonyl (C=O) groups is 1. The standard InChI is InChI=1S/C10H20N2O/c1-10(2,3)7-12-5-4-8(6-12)9(11)13/h8H,4-7H2,1-3H3,(H2,11,13). The van der Waals surface area contributed by atoms with Crippen molar-refractivity contribution in [3.05, 3.63) is 0 Å². The Morgan fingerprint density at radius 3 is 2.54 bits per heavy atom. The van der Waals surface area contributed by atoms with Crippen LogP contribution in [0.15, 0.2) is 0 Å². The summed E-state index contributed by atoms with van der Waals surface area (Å²) in [6.07, 6.45) is 0.936. The van der Waals surface area contributed by atoms with Gasteiger partial charge in [0.05, 0.1) is 5.92 Å². The third-order valence-electron chi connectivity index (χ3n) is 2.37. The van der Waals surface area contributed by atoms with E-state index in [0.717, 1.165) is 26.1 Å². The van der Waals surface area contributed by atoms with Crippen LogP contribution in [0.5, 0.6) is 0 Å². The van der Waals surface area contributed by atoms with Crippen LogP contribution >= 0.6 is 0 Å². The summed E-state index contributed by atoms with van der Waals surface area (Å²) in [5.74, 6) is -0.0567. The molecule has 1 fully saturated rings. The lowest BCUT2D eigenvalue weighted by Gasteiger charge is -2.25.